The lowest BCUT2D eigenvalue weighted by Gasteiger charge is -2.41. The summed E-state index contributed by atoms with van der Waals surface area (Å²) in [5, 5.41) is 3.56. The Hall–Kier alpha value is -0.610. The summed E-state index contributed by atoms with van der Waals surface area (Å²) in [5.74, 6) is -0.190. The van der Waals surface area contributed by atoms with E-state index in [-0.39, 0.29) is 11.9 Å². The van der Waals surface area contributed by atoms with Crippen molar-refractivity contribution in [2.45, 2.75) is 57.2 Å². The van der Waals surface area contributed by atoms with Crippen LogP contribution in [0.4, 0.5) is 0 Å². The van der Waals surface area contributed by atoms with Gasteiger partial charge >= 0.3 is 0 Å². The van der Waals surface area contributed by atoms with Gasteiger partial charge in [0.25, 0.3) is 0 Å². The molecule has 2 saturated heterocycles. The molecular formula is C12H23N3O. The molecule has 92 valence electrons. The molecule has 2 fully saturated rings. The molecule has 0 aromatic carbocycles. The van der Waals surface area contributed by atoms with Crippen LogP contribution in [0, 0.1) is 0 Å². The Bertz CT molecular complexity index is 251. The van der Waals surface area contributed by atoms with E-state index in [0.29, 0.717) is 12.1 Å². The van der Waals surface area contributed by atoms with E-state index in [1.165, 1.54) is 32.1 Å². The molecule has 2 heterocycles. The highest BCUT2D eigenvalue weighted by molar-refractivity contribution is 5.79. The predicted octanol–water partition coefficient (Wildman–Crippen LogP) is 0.467. The van der Waals surface area contributed by atoms with Crippen molar-refractivity contribution in [3.05, 3.63) is 0 Å². The molecule has 3 atom stereocenters. The SMILES string of the molecule is CC(C(N)=O)N1CCCCC1C1CCCN1. The van der Waals surface area contributed by atoms with Gasteiger partial charge in [0, 0.05) is 12.1 Å². The van der Waals surface area contributed by atoms with Gasteiger partial charge in [-0.3, -0.25) is 9.69 Å². The van der Waals surface area contributed by atoms with E-state index >= 15 is 0 Å². The van der Waals surface area contributed by atoms with Crippen molar-refractivity contribution in [1.82, 2.24) is 10.2 Å². The molecule has 3 N–H and O–H groups in total. The van der Waals surface area contributed by atoms with Crippen LogP contribution in [0.15, 0.2) is 0 Å². The molecule has 16 heavy (non-hydrogen) atoms. The van der Waals surface area contributed by atoms with Crippen molar-refractivity contribution in [2.24, 2.45) is 5.73 Å². The first-order valence-corrected chi connectivity index (χ1v) is 6.48. The monoisotopic (exact) mass is 225 g/mol. The van der Waals surface area contributed by atoms with Crippen LogP contribution < -0.4 is 11.1 Å². The minimum absolute atomic E-state index is 0.118. The Labute approximate surface area is 97.6 Å². The summed E-state index contributed by atoms with van der Waals surface area (Å²) in [4.78, 5) is 13.6. The number of amides is 1. The van der Waals surface area contributed by atoms with Crippen molar-refractivity contribution in [1.29, 1.82) is 0 Å². The Morgan fingerprint density at radius 1 is 1.38 bits per heavy atom. The second-order valence-electron chi connectivity index (χ2n) is 5.08. The van der Waals surface area contributed by atoms with Gasteiger partial charge in [-0.15, -0.1) is 0 Å². The van der Waals surface area contributed by atoms with Crippen LogP contribution in [0.1, 0.15) is 39.0 Å². The number of nitrogens with two attached hydrogens (primary N) is 1. The fourth-order valence-electron chi connectivity index (χ4n) is 3.10. The summed E-state index contributed by atoms with van der Waals surface area (Å²) in [5.41, 5.74) is 5.43. The minimum Gasteiger partial charge on any atom is -0.368 e. The highest BCUT2D eigenvalue weighted by atomic mass is 16.1. The maximum atomic E-state index is 11.3. The summed E-state index contributed by atoms with van der Waals surface area (Å²) in [6, 6.07) is 0.966. The topological polar surface area (TPSA) is 58.4 Å². The van der Waals surface area contributed by atoms with Crippen molar-refractivity contribution >= 4 is 5.91 Å². The molecule has 0 aliphatic carbocycles. The van der Waals surface area contributed by atoms with E-state index in [0.717, 1.165) is 13.1 Å². The van der Waals surface area contributed by atoms with Crippen molar-refractivity contribution in [3.63, 3.8) is 0 Å². The molecule has 0 radical (unpaired) electrons. The normalized spacial score (nSPS) is 33.8. The molecule has 0 spiro atoms. The fraction of sp³-hybridized carbons (Fsp3) is 0.917. The first-order chi connectivity index (χ1) is 7.70. The lowest BCUT2D eigenvalue weighted by atomic mass is 9.93. The Morgan fingerprint density at radius 2 is 2.19 bits per heavy atom. The van der Waals surface area contributed by atoms with Crippen LogP contribution in [0.5, 0.6) is 0 Å². The summed E-state index contributed by atoms with van der Waals surface area (Å²) >= 11 is 0. The highest BCUT2D eigenvalue weighted by Crippen LogP contribution is 2.25. The van der Waals surface area contributed by atoms with Gasteiger partial charge < -0.3 is 11.1 Å². The van der Waals surface area contributed by atoms with E-state index in [1.54, 1.807) is 0 Å². The number of rotatable bonds is 3. The zero-order valence-corrected chi connectivity index (χ0v) is 10.1. The summed E-state index contributed by atoms with van der Waals surface area (Å²) in [6.45, 7) is 4.09. The molecule has 2 aliphatic rings. The maximum Gasteiger partial charge on any atom is 0.234 e. The highest BCUT2D eigenvalue weighted by Gasteiger charge is 2.35. The molecule has 4 nitrogen and oxygen atoms in total. The van der Waals surface area contributed by atoms with Gasteiger partial charge in [0.2, 0.25) is 5.91 Å². The number of piperidine rings is 1. The largest absolute Gasteiger partial charge is 0.368 e. The first kappa shape index (κ1) is 11.9. The summed E-state index contributed by atoms with van der Waals surface area (Å²) in [7, 11) is 0. The average molecular weight is 225 g/mol. The van der Waals surface area contributed by atoms with Crippen molar-refractivity contribution < 1.29 is 4.79 Å². The molecule has 0 saturated carbocycles. The molecule has 2 aliphatic heterocycles. The molecule has 0 aromatic heterocycles. The van der Waals surface area contributed by atoms with Gasteiger partial charge in [-0.2, -0.15) is 0 Å². The van der Waals surface area contributed by atoms with E-state index in [9.17, 15) is 4.79 Å². The van der Waals surface area contributed by atoms with Crippen LogP contribution in [-0.4, -0.2) is 42.0 Å². The van der Waals surface area contributed by atoms with E-state index in [2.05, 4.69) is 10.2 Å². The lowest BCUT2D eigenvalue weighted by Crippen LogP contribution is -2.56. The smallest absolute Gasteiger partial charge is 0.234 e. The molecule has 0 bridgehead atoms. The van der Waals surface area contributed by atoms with E-state index in [1.807, 2.05) is 6.92 Å². The Morgan fingerprint density at radius 3 is 2.81 bits per heavy atom. The van der Waals surface area contributed by atoms with Crippen molar-refractivity contribution in [3.8, 4) is 0 Å². The number of nitrogens with zero attached hydrogens (tertiary/aromatic N) is 1. The predicted molar refractivity (Wildman–Crippen MR) is 64.0 cm³/mol. The van der Waals surface area contributed by atoms with Crippen LogP contribution in [0.3, 0.4) is 0 Å². The quantitative estimate of drug-likeness (QED) is 0.734. The Kier molecular flexibility index (Phi) is 3.82. The standard InChI is InChI=1S/C12H23N3O/c1-9(12(13)16)15-8-3-2-6-11(15)10-5-4-7-14-10/h9-11,14H,2-8H2,1H3,(H2,13,16). The third-order valence-electron chi connectivity index (χ3n) is 4.06. The number of nitrogens with one attached hydrogen (secondary N) is 1. The van der Waals surface area contributed by atoms with Crippen LogP contribution in [0.2, 0.25) is 0 Å². The number of hydrogen-bond donors (Lipinski definition) is 2. The van der Waals surface area contributed by atoms with E-state index in [4.69, 9.17) is 5.73 Å². The molecule has 0 aromatic rings. The second kappa shape index (κ2) is 5.15. The number of carbonyl (C=O) groups is 1. The number of primary amides is 1. The third kappa shape index (κ3) is 2.38. The van der Waals surface area contributed by atoms with Gasteiger partial charge in [0.1, 0.15) is 0 Å². The fourth-order valence-corrected chi connectivity index (χ4v) is 3.10. The number of carbonyl (C=O) groups excluding carboxylic acids is 1. The number of hydrogen-bond acceptors (Lipinski definition) is 3. The van der Waals surface area contributed by atoms with Crippen LogP contribution >= 0.6 is 0 Å². The number of likely N-dealkylation sites (tertiary alicyclic amines) is 1. The van der Waals surface area contributed by atoms with Gasteiger partial charge in [-0.05, 0) is 45.7 Å². The summed E-state index contributed by atoms with van der Waals surface area (Å²) in [6.07, 6.45) is 6.19. The van der Waals surface area contributed by atoms with Gasteiger partial charge in [-0.25, -0.2) is 0 Å². The maximum absolute atomic E-state index is 11.3. The van der Waals surface area contributed by atoms with E-state index < -0.39 is 0 Å². The molecule has 1 amide bonds. The zero-order chi connectivity index (χ0) is 11.5. The minimum atomic E-state index is -0.190. The first-order valence-electron chi connectivity index (χ1n) is 6.48. The third-order valence-corrected chi connectivity index (χ3v) is 4.06. The van der Waals surface area contributed by atoms with Crippen LogP contribution in [0.25, 0.3) is 0 Å². The van der Waals surface area contributed by atoms with Gasteiger partial charge in [-0.1, -0.05) is 6.42 Å². The second-order valence-corrected chi connectivity index (χ2v) is 5.08. The molecular weight excluding hydrogens is 202 g/mol. The lowest BCUT2D eigenvalue weighted by molar-refractivity contribution is -0.124. The zero-order valence-electron chi connectivity index (χ0n) is 10.1. The summed E-state index contributed by atoms with van der Waals surface area (Å²) < 4.78 is 0. The average Bonchev–Trinajstić information content (AvgIpc) is 2.81. The van der Waals surface area contributed by atoms with Gasteiger partial charge in [0.15, 0.2) is 0 Å². The molecule has 3 unspecified atom stereocenters. The molecule has 4 heteroatoms. The van der Waals surface area contributed by atoms with Gasteiger partial charge in [0.05, 0.1) is 6.04 Å². The van der Waals surface area contributed by atoms with Crippen molar-refractivity contribution in [2.75, 3.05) is 13.1 Å². The molecule has 2 rings (SSSR count). The Balaban J connectivity index is 2.03. The van der Waals surface area contributed by atoms with Crippen LogP contribution in [-0.2, 0) is 4.79 Å².